The van der Waals surface area contributed by atoms with Gasteiger partial charge in [-0.05, 0) is 30.7 Å². The average molecular weight is 373 g/mol. The number of aliphatic hydroxyl groups is 1. The number of aromatic nitrogens is 3. The zero-order valence-electron chi connectivity index (χ0n) is 15.6. The number of likely N-dealkylation sites (tertiary alicyclic amines) is 1. The maximum Gasteiger partial charge on any atom is 0.267 e. The molecule has 1 saturated heterocycles. The molecule has 0 radical (unpaired) electrons. The van der Waals surface area contributed by atoms with E-state index in [4.69, 9.17) is 5.73 Å². The number of fused-ring (bicyclic) bond motifs is 1. The first kappa shape index (κ1) is 17.9. The van der Waals surface area contributed by atoms with Crippen LogP contribution in [0.1, 0.15) is 17.5 Å². The van der Waals surface area contributed by atoms with Crippen molar-refractivity contribution in [3.05, 3.63) is 47.8 Å². The first-order valence-corrected chi connectivity index (χ1v) is 8.87. The molecule has 3 heterocycles. The number of pyridine rings is 1. The first-order valence-electron chi connectivity index (χ1n) is 8.87. The van der Waals surface area contributed by atoms with Crippen molar-refractivity contribution in [2.75, 3.05) is 19.3 Å². The number of rotatable bonds is 1. The lowest BCUT2D eigenvalue weighted by atomic mass is 10.0. The van der Waals surface area contributed by atoms with Crippen LogP contribution in [0.2, 0.25) is 0 Å². The molecule has 3 N–H and O–H groups in total. The van der Waals surface area contributed by atoms with Crippen LogP contribution in [0.3, 0.4) is 0 Å². The predicted molar refractivity (Wildman–Crippen MR) is 106 cm³/mol. The number of carbonyl (C=O) groups is 1. The maximum absolute atomic E-state index is 12.1. The molecule has 1 aliphatic rings. The molecule has 3 aromatic rings. The number of likely N-dealkylation sites (N-methyl/N-ethyl adjacent to an activating group) is 1. The molecular formula is C21H19N5O2. The Morgan fingerprint density at radius 3 is 2.86 bits per heavy atom. The van der Waals surface area contributed by atoms with E-state index in [-0.39, 0.29) is 5.91 Å². The molecule has 7 nitrogen and oxygen atoms in total. The normalized spacial score (nSPS) is 19.0. The van der Waals surface area contributed by atoms with Crippen molar-refractivity contribution < 1.29 is 9.90 Å². The number of benzene rings is 1. The second-order valence-corrected chi connectivity index (χ2v) is 6.95. The Balaban J connectivity index is 1.74. The quantitative estimate of drug-likeness (QED) is 0.627. The molecule has 4 rings (SSSR count). The summed E-state index contributed by atoms with van der Waals surface area (Å²) in [5, 5.41) is 10.5. The van der Waals surface area contributed by atoms with Gasteiger partial charge in [0, 0.05) is 31.1 Å². The van der Waals surface area contributed by atoms with Crippen molar-refractivity contribution >= 4 is 22.8 Å². The number of hydrogen-bond acceptors (Lipinski definition) is 6. The highest BCUT2D eigenvalue weighted by molar-refractivity contribution is 5.90. The number of aryl methyl sites for hydroxylation is 1. The number of nitrogens with two attached hydrogens (primary N) is 1. The Kier molecular flexibility index (Phi) is 4.21. The standard InChI is InChI=1S/C21H19N5O2/c1-13-10-16-18(19(22)24-12-23-16)25-17(13)15-5-3-4-14(11-15)6-7-21(28)8-9-26(2)20(21)27/h3-5,10-12,28H,8-9H2,1-2H3,(H2,22,23,24). The van der Waals surface area contributed by atoms with Crippen molar-refractivity contribution in [2.45, 2.75) is 18.9 Å². The molecule has 1 aliphatic heterocycles. The fourth-order valence-corrected chi connectivity index (χ4v) is 3.28. The van der Waals surface area contributed by atoms with E-state index in [2.05, 4.69) is 26.8 Å². The Bertz CT molecular complexity index is 1160. The van der Waals surface area contributed by atoms with Gasteiger partial charge in [-0.1, -0.05) is 24.0 Å². The van der Waals surface area contributed by atoms with Crippen molar-refractivity contribution in [3.63, 3.8) is 0 Å². The van der Waals surface area contributed by atoms with Gasteiger partial charge in [0.05, 0.1) is 11.2 Å². The highest BCUT2D eigenvalue weighted by Gasteiger charge is 2.42. The van der Waals surface area contributed by atoms with Gasteiger partial charge in [0.15, 0.2) is 5.82 Å². The van der Waals surface area contributed by atoms with Crippen LogP contribution in [0.15, 0.2) is 36.7 Å². The third-order valence-corrected chi connectivity index (χ3v) is 4.89. The second-order valence-electron chi connectivity index (χ2n) is 6.95. The van der Waals surface area contributed by atoms with Crippen LogP contribution >= 0.6 is 0 Å². The summed E-state index contributed by atoms with van der Waals surface area (Å²) in [7, 11) is 1.66. The van der Waals surface area contributed by atoms with Crippen LogP contribution in [0.4, 0.5) is 5.82 Å². The number of hydrogen-bond donors (Lipinski definition) is 2. The van der Waals surface area contributed by atoms with Gasteiger partial charge < -0.3 is 15.7 Å². The number of carbonyl (C=O) groups excluding carboxylic acids is 1. The summed E-state index contributed by atoms with van der Waals surface area (Å²) in [6, 6.07) is 9.42. The van der Waals surface area contributed by atoms with Crippen LogP contribution in [-0.2, 0) is 4.79 Å². The van der Waals surface area contributed by atoms with E-state index < -0.39 is 5.60 Å². The molecule has 1 amide bonds. The second kappa shape index (κ2) is 6.59. The number of amides is 1. The zero-order valence-corrected chi connectivity index (χ0v) is 15.6. The lowest BCUT2D eigenvalue weighted by Crippen LogP contribution is -2.37. The SMILES string of the molecule is Cc1cc2ncnc(N)c2nc1-c1cccc(C#CC2(O)CCN(C)C2=O)c1. The van der Waals surface area contributed by atoms with Gasteiger partial charge in [-0.2, -0.15) is 0 Å². The molecule has 1 aromatic carbocycles. The van der Waals surface area contributed by atoms with E-state index >= 15 is 0 Å². The van der Waals surface area contributed by atoms with Gasteiger partial charge in [0.25, 0.3) is 5.91 Å². The van der Waals surface area contributed by atoms with Crippen LogP contribution in [0, 0.1) is 18.8 Å². The highest BCUT2D eigenvalue weighted by Crippen LogP contribution is 2.27. The fraction of sp³-hybridized carbons (Fsp3) is 0.238. The molecule has 0 aliphatic carbocycles. The van der Waals surface area contributed by atoms with Gasteiger partial charge in [0.2, 0.25) is 5.60 Å². The van der Waals surface area contributed by atoms with Gasteiger partial charge in [-0.3, -0.25) is 4.79 Å². The lowest BCUT2D eigenvalue weighted by molar-refractivity contribution is -0.137. The summed E-state index contributed by atoms with van der Waals surface area (Å²) in [6.07, 6.45) is 1.72. The Morgan fingerprint density at radius 2 is 2.11 bits per heavy atom. The third kappa shape index (κ3) is 3.04. The Morgan fingerprint density at radius 1 is 1.29 bits per heavy atom. The summed E-state index contributed by atoms with van der Waals surface area (Å²) < 4.78 is 0. The van der Waals surface area contributed by atoms with Crippen molar-refractivity contribution in [3.8, 4) is 23.1 Å². The van der Waals surface area contributed by atoms with E-state index in [0.29, 0.717) is 35.4 Å². The molecule has 2 aromatic heterocycles. The minimum absolute atomic E-state index is 0.305. The van der Waals surface area contributed by atoms with Crippen LogP contribution in [0.25, 0.3) is 22.3 Å². The van der Waals surface area contributed by atoms with Gasteiger partial charge in [-0.15, -0.1) is 0 Å². The van der Waals surface area contributed by atoms with Crippen molar-refractivity contribution in [2.24, 2.45) is 0 Å². The molecule has 1 fully saturated rings. The summed E-state index contributed by atoms with van der Waals surface area (Å²) in [5.74, 6) is 5.64. The monoisotopic (exact) mass is 373 g/mol. The number of nitrogens with zero attached hydrogens (tertiary/aromatic N) is 4. The molecule has 0 bridgehead atoms. The predicted octanol–water partition coefficient (Wildman–Crippen LogP) is 1.53. The fourth-order valence-electron chi connectivity index (χ4n) is 3.28. The minimum Gasteiger partial charge on any atom is -0.382 e. The summed E-state index contributed by atoms with van der Waals surface area (Å²) in [6.45, 7) is 2.45. The molecule has 7 heteroatoms. The minimum atomic E-state index is -1.62. The smallest absolute Gasteiger partial charge is 0.267 e. The zero-order chi connectivity index (χ0) is 19.9. The number of nitrogen functional groups attached to an aromatic ring is 1. The van der Waals surface area contributed by atoms with Crippen LogP contribution in [-0.4, -0.2) is 50.1 Å². The van der Waals surface area contributed by atoms with Crippen molar-refractivity contribution in [1.29, 1.82) is 0 Å². The molecular weight excluding hydrogens is 354 g/mol. The lowest BCUT2D eigenvalue weighted by Gasteiger charge is -2.13. The molecule has 1 atom stereocenters. The highest BCUT2D eigenvalue weighted by atomic mass is 16.3. The molecule has 1 unspecified atom stereocenters. The van der Waals surface area contributed by atoms with E-state index in [0.717, 1.165) is 16.8 Å². The topological polar surface area (TPSA) is 105 Å². The van der Waals surface area contributed by atoms with E-state index in [1.165, 1.54) is 11.2 Å². The Labute approximate surface area is 162 Å². The van der Waals surface area contributed by atoms with Gasteiger partial charge >= 0.3 is 0 Å². The maximum atomic E-state index is 12.1. The van der Waals surface area contributed by atoms with Crippen molar-refractivity contribution in [1.82, 2.24) is 19.9 Å². The average Bonchev–Trinajstić information content (AvgIpc) is 2.94. The molecule has 140 valence electrons. The summed E-state index contributed by atoms with van der Waals surface area (Å²) in [4.78, 5) is 26.4. The van der Waals surface area contributed by atoms with Gasteiger partial charge in [-0.25, -0.2) is 15.0 Å². The largest absolute Gasteiger partial charge is 0.382 e. The molecule has 0 saturated carbocycles. The Hall–Kier alpha value is -3.50. The molecule has 0 spiro atoms. The van der Waals surface area contributed by atoms with E-state index in [1.807, 2.05) is 37.3 Å². The molecule has 28 heavy (non-hydrogen) atoms. The van der Waals surface area contributed by atoms with E-state index in [9.17, 15) is 9.90 Å². The van der Waals surface area contributed by atoms with Gasteiger partial charge in [0.1, 0.15) is 11.8 Å². The van der Waals surface area contributed by atoms with Crippen LogP contribution in [0.5, 0.6) is 0 Å². The first-order chi connectivity index (χ1) is 13.4. The summed E-state index contributed by atoms with van der Waals surface area (Å²) in [5.41, 5.74) is 8.81. The number of anilines is 1. The van der Waals surface area contributed by atoms with Crippen LogP contribution < -0.4 is 5.73 Å². The summed E-state index contributed by atoms with van der Waals surface area (Å²) >= 11 is 0. The van der Waals surface area contributed by atoms with E-state index in [1.54, 1.807) is 7.05 Å². The third-order valence-electron chi connectivity index (χ3n) is 4.89.